The van der Waals surface area contributed by atoms with Gasteiger partial charge < -0.3 is 14.6 Å². The summed E-state index contributed by atoms with van der Waals surface area (Å²) in [4.78, 5) is 16.5. The summed E-state index contributed by atoms with van der Waals surface area (Å²) >= 11 is 0. The monoisotopic (exact) mass is 341 g/mol. The molecule has 1 amide bonds. The van der Waals surface area contributed by atoms with Crippen molar-refractivity contribution in [2.45, 2.75) is 56.4 Å². The molecule has 0 bridgehead atoms. The second-order valence-corrected chi connectivity index (χ2v) is 7.00. The molecule has 0 spiro atoms. The number of hydrogen-bond acceptors (Lipinski definition) is 5. The number of benzene rings is 1. The van der Waals surface area contributed by atoms with Crippen molar-refractivity contribution in [1.82, 2.24) is 15.5 Å². The van der Waals surface area contributed by atoms with Gasteiger partial charge in [0.1, 0.15) is 5.75 Å². The number of nitrogens with zero attached hydrogens (tertiary/aromatic N) is 2. The van der Waals surface area contributed by atoms with E-state index in [1.54, 1.807) is 7.11 Å². The third-order valence-corrected chi connectivity index (χ3v) is 5.15. The average Bonchev–Trinajstić information content (AvgIpc) is 3.00. The number of aromatic nitrogens is 2. The van der Waals surface area contributed by atoms with Crippen LogP contribution in [0, 0.1) is 0 Å². The van der Waals surface area contributed by atoms with E-state index in [-0.39, 0.29) is 18.2 Å². The fraction of sp³-hybridized carbons (Fsp3) is 0.526. The Morgan fingerprint density at radius 2 is 2.16 bits per heavy atom. The van der Waals surface area contributed by atoms with E-state index >= 15 is 0 Å². The van der Waals surface area contributed by atoms with Crippen LogP contribution in [0.25, 0.3) is 0 Å². The van der Waals surface area contributed by atoms with Gasteiger partial charge in [0.2, 0.25) is 11.8 Å². The first-order valence-corrected chi connectivity index (χ1v) is 8.98. The van der Waals surface area contributed by atoms with Gasteiger partial charge >= 0.3 is 0 Å². The Balaban J connectivity index is 1.34. The summed E-state index contributed by atoms with van der Waals surface area (Å²) < 4.78 is 10.7. The summed E-state index contributed by atoms with van der Waals surface area (Å²) in [5, 5.41) is 7.04. The Bertz CT molecular complexity index is 752. The molecule has 1 aromatic heterocycles. The van der Waals surface area contributed by atoms with Gasteiger partial charge in [-0.05, 0) is 42.9 Å². The topological polar surface area (TPSA) is 77.2 Å². The molecule has 0 aliphatic heterocycles. The third-order valence-electron chi connectivity index (χ3n) is 5.15. The first-order chi connectivity index (χ1) is 12.2. The standard InChI is InChI=1S/C19H23N3O3/c1-24-14-8-4-5-12(9-14)15-10-16(15)19-21-17(22-25-19)11-18(23)20-13-6-2-3-7-13/h4-5,8-9,13,15-16H,2-3,6-7,10-11H2,1H3,(H,20,23)/t15-,16-/m1/s1. The summed E-state index contributed by atoms with van der Waals surface area (Å²) in [6.07, 6.45) is 5.73. The molecule has 25 heavy (non-hydrogen) atoms. The van der Waals surface area contributed by atoms with Crippen molar-refractivity contribution in [3.05, 3.63) is 41.5 Å². The molecule has 0 saturated heterocycles. The minimum absolute atomic E-state index is 0.0145. The van der Waals surface area contributed by atoms with Crippen LogP contribution in [0.15, 0.2) is 28.8 Å². The first-order valence-electron chi connectivity index (χ1n) is 8.98. The van der Waals surface area contributed by atoms with Crippen LogP contribution in [0.4, 0.5) is 0 Å². The molecule has 132 valence electrons. The molecule has 2 saturated carbocycles. The Hall–Kier alpha value is -2.37. The van der Waals surface area contributed by atoms with Crippen LogP contribution >= 0.6 is 0 Å². The number of carbonyl (C=O) groups excluding carboxylic acids is 1. The highest BCUT2D eigenvalue weighted by atomic mass is 16.5. The minimum atomic E-state index is -0.0145. The van der Waals surface area contributed by atoms with Crippen LogP contribution in [-0.4, -0.2) is 29.2 Å². The predicted octanol–water partition coefficient (Wildman–Crippen LogP) is 2.95. The molecule has 2 aromatic rings. The molecule has 6 heteroatoms. The van der Waals surface area contributed by atoms with Gasteiger partial charge in [0.25, 0.3) is 0 Å². The number of nitrogens with one attached hydrogen (secondary N) is 1. The van der Waals surface area contributed by atoms with Crippen molar-refractivity contribution in [3.8, 4) is 5.75 Å². The van der Waals surface area contributed by atoms with E-state index in [2.05, 4.69) is 27.6 Å². The Kier molecular flexibility index (Phi) is 4.42. The molecule has 6 nitrogen and oxygen atoms in total. The highest BCUT2D eigenvalue weighted by molar-refractivity contribution is 5.78. The van der Waals surface area contributed by atoms with Crippen molar-refractivity contribution >= 4 is 5.91 Å². The summed E-state index contributed by atoms with van der Waals surface area (Å²) in [7, 11) is 1.67. The Morgan fingerprint density at radius 3 is 2.96 bits per heavy atom. The lowest BCUT2D eigenvalue weighted by Gasteiger charge is -2.10. The van der Waals surface area contributed by atoms with E-state index < -0.39 is 0 Å². The summed E-state index contributed by atoms with van der Waals surface area (Å²) in [5.41, 5.74) is 1.23. The third kappa shape index (κ3) is 3.67. The fourth-order valence-corrected chi connectivity index (χ4v) is 3.69. The van der Waals surface area contributed by atoms with Crippen molar-refractivity contribution in [2.24, 2.45) is 0 Å². The van der Waals surface area contributed by atoms with E-state index in [1.165, 1.54) is 18.4 Å². The van der Waals surface area contributed by atoms with Crippen LogP contribution < -0.4 is 10.1 Å². The quantitative estimate of drug-likeness (QED) is 0.874. The predicted molar refractivity (Wildman–Crippen MR) is 91.5 cm³/mol. The van der Waals surface area contributed by atoms with E-state index in [0.717, 1.165) is 25.0 Å². The lowest BCUT2D eigenvalue weighted by molar-refractivity contribution is -0.121. The summed E-state index contributed by atoms with van der Waals surface area (Å²) in [6, 6.07) is 8.40. The van der Waals surface area contributed by atoms with Crippen LogP contribution in [-0.2, 0) is 11.2 Å². The maximum Gasteiger partial charge on any atom is 0.230 e. The summed E-state index contributed by atoms with van der Waals surface area (Å²) in [6.45, 7) is 0. The van der Waals surface area contributed by atoms with Crippen molar-refractivity contribution in [2.75, 3.05) is 7.11 Å². The highest BCUT2D eigenvalue weighted by Gasteiger charge is 2.43. The normalized spacial score (nSPS) is 22.8. The zero-order valence-electron chi connectivity index (χ0n) is 14.4. The van der Waals surface area contributed by atoms with E-state index in [4.69, 9.17) is 9.26 Å². The van der Waals surface area contributed by atoms with Gasteiger partial charge in [-0.3, -0.25) is 4.79 Å². The molecule has 0 radical (unpaired) electrons. The largest absolute Gasteiger partial charge is 0.497 e. The molecule has 0 unspecified atom stereocenters. The number of rotatable bonds is 6. The van der Waals surface area contributed by atoms with Gasteiger partial charge in [0.15, 0.2) is 5.82 Å². The molecule has 1 heterocycles. The van der Waals surface area contributed by atoms with E-state index in [0.29, 0.717) is 23.7 Å². The molecular formula is C19H23N3O3. The number of amides is 1. The average molecular weight is 341 g/mol. The van der Waals surface area contributed by atoms with Crippen LogP contribution in [0.2, 0.25) is 0 Å². The number of carbonyl (C=O) groups is 1. The molecule has 2 aliphatic carbocycles. The zero-order valence-corrected chi connectivity index (χ0v) is 14.4. The Morgan fingerprint density at radius 1 is 1.32 bits per heavy atom. The van der Waals surface area contributed by atoms with Gasteiger partial charge in [-0.25, -0.2) is 0 Å². The molecule has 1 aromatic carbocycles. The van der Waals surface area contributed by atoms with Gasteiger partial charge in [-0.1, -0.05) is 30.1 Å². The molecule has 1 N–H and O–H groups in total. The van der Waals surface area contributed by atoms with Crippen LogP contribution in [0.5, 0.6) is 5.75 Å². The summed E-state index contributed by atoms with van der Waals surface area (Å²) in [5.74, 6) is 2.58. The van der Waals surface area contributed by atoms with Crippen molar-refractivity contribution in [3.63, 3.8) is 0 Å². The van der Waals surface area contributed by atoms with E-state index in [1.807, 2.05) is 12.1 Å². The second kappa shape index (κ2) is 6.86. The van der Waals surface area contributed by atoms with Gasteiger partial charge in [-0.2, -0.15) is 4.98 Å². The lowest BCUT2D eigenvalue weighted by Crippen LogP contribution is -2.33. The fourth-order valence-electron chi connectivity index (χ4n) is 3.69. The molecular weight excluding hydrogens is 318 g/mol. The molecule has 2 atom stereocenters. The van der Waals surface area contributed by atoms with Crippen molar-refractivity contribution in [1.29, 1.82) is 0 Å². The highest BCUT2D eigenvalue weighted by Crippen LogP contribution is 2.54. The number of ether oxygens (including phenoxy) is 1. The molecule has 4 rings (SSSR count). The van der Waals surface area contributed by atoms with Gasteiger partial charge in [-0.15, -0.1) is 0 Å². The van der Waals surface area contributed by atoms with Crippen LogP contribution in [0.3, 0.4) is 0 Å². The number of methoxy groups -OCH3 is 1. The molecule has 2 fully saturated rings. The maximum atomic E-state index is 12.1. The van der Waals surface area contributed by atoms with Crippen LogP contribution in [0.1, 0.15) is 61.2 Å². The minimum Gasteiger partial charge on any atom is -0.497 e. The Labute approximate surface area is 147 Å². The molecule has 2 aliphatic rings. The van der Waals surface area contributed by atoms with Crippen molar-refractivity contribution < 1.29 is 14.1 Å². The van der Waals surface area contributed by atoms with Gasteiger partial charge in [0, 0.05) is 12.0 Å². The number of hydrogen-bond donors (Lipinski definition) is 1. The SMILES string of the molecule is COc1cccc([C@H]2C[C@H]2c2nc(CC(=O)NC3CCCC3)no2)c1. The van der Waals surface area contributed by atoms with Gasteiger partial charge in [0.05, 0.1) is 13.5 Å². The first kappa shape index (κ1) is 16.1. The maximum absolute atomic E-state index is 12.1. The second-order valence-electron chi connectivity index (χ2n) is 7.00. The smallest absolute Gasteiger partial charge is 0.230 e. The van der Waals surface area contributed by atoms with E-state index in [9.17, 15) is 4.79 Å². The zero-order chi connectivity index (χ0) is 17.2. The lowest BCUT2D eigenvalue weighted by atomic mass is 10.1.